The minimum atomic E-state index is -0.498. The quantitative estimate of drug-likeness (QED) is 0.557. The van der Waals surface area contributed by atoms with Gasteiger partial charge in [-0.2, -0.15) is 0 Å². The Morgan fingerprint density at radius 1 is 1.33 bits per heavy atom. The lowest BCUT2D eigenvalue weighted by molar-refractivity contribution is 0.0684. The van der Waals surface area contributed by atoms with Gasteiger partial charge >= 0.3 is 0 Å². The maximum Gasteiger partial charge on any atom is 0.167 e. The van der Waals surface area contributed by atoms with Gasteiger partial charge in [-0.05, 0) is 32.4 Å². The molecular formula is C12H27NOSi. The van der Waals surface area contributed by atoms with E-state index in [1.807, 2.05) is 13.1 Å². The molecule has 0 rings (SSSR count). The van der Waals surface area contributed by atoms with Crippen molar-refractivity contribution >= 4 is 9.76 Å². The second kappa shape index (κ2) is 5.82. The normalized spacial score (nSPS) is 15.9. The Bertz CT molecular complexity index is 196. The first-order valence-corrected chi connectivity index (χ1v) is 6.93. The van der Waals surface area contributed by atoms with E-state index in [9.17, 15) is 0 Å². The van der Waals surface area contributed by atoms with Crippen LogP contribution in [0.5, 0.6) is 0 Å². The van der Waals surface area contributed by atoms with Crippen LogP contribution in [0.25, 0.3) is 0 Å². The first kappa shape index (κ1) is 14.9. The molecule has 0 aliphatic carbocycles. The zero-order chi connectivity index (χ0) is 12.1. The lowest BCUT2D eigenvalue weighted by atomic mass is 9.96. The molecule has 0 radical (unpaired) electrons. The van der Waals surface area contributed by atoms with Crippen molar-refractivity contribution in [3.8, 4) is 0 Å². The summed E-state index contributed by atoms with van der Waals surface area (Å²) in [6.07, 6.45) is 2.90. The predicted molar refractivity (Wildman–Crippen MR) is 71.1 cm³/mol. The summed E-state index contributed by atoms with van der Waals surface area (Å²) in [5.74, 6) is 0. The predicted octanol–water partition coefficient (Wildman–Crippen LogP) is 2.25. The van der Waals surface area contributed by atoms with E-state index in [1.165, 1.54) is 0 Å². The van der Waals surface area contributed by atoms with Gasteiger partial charge < -0.3 is 9.74 Å². The van der Waals surface area contributed by atoms with E-state index in [0.717, 1.165) is 6.42 Å². The van der Waals surface area contributed by atoms with E-state index in [1.54, 1.807) is 0 Å². The Morgan fingerprint density at radius 3 is 2.20 bits per heavy atom. The van der Waals surface area contributed by atoms with Crippen molar-refractivity contribution in [2.45, 2.75) is 57.7 Å². The topological polar surface area (TPSA) is 21.3 Å². The molecule has 0 aromatic carbocycles. The molecule has 0 saturated carbocycles. The number of hydrogen-bond donors (Lipinski definition) is 1. The first-order valence-electron chi connectivity index (χ1n) is 5.65. The molecule has 0 aromatic rings. The Morgan fingerprint density at radius 2 is 1.87 bits per heavy atom. The van der Waals surface area contributed by atoms with Crippen molar-refractivity contribution in [1.82, 2.24) is 5.32 Å². The average molecular weight is 229 g/mol. The van der Waals surface area contributed by atoms with Crippen LogP contribution in [0.3, 0.4) is 0 Å². The average Bonchev–Trinajstić information content (AvgIpc) is 2.10. The van der Waals surface area contributed by atoms with Gasteiger partial charge in [0.05, 0.1) is 5.60 Å². The summed E-state index contributed by atoms with van der Waals surface area (Å²) in [6, 6.07) is 0.352. The Kier molecular flexibility index (Phi) is 5.78. The molecule has 0 saturated heterocycles. The van der Waals surface area contributed by atoms with Crippen LogP contribution >= 0.6 is 0 Å². The summed E-state index contributed by atoms with van der Waals surface area (Å²) in [7, 11) is 1.49. The zero-order valence-corrected chi connectivity index (χ0v) is 12.6. The van der Waals surface area contributed by atoms with Gasteiger partial charge in [0, 0.05) is 6.04 Å². The second-order valence-electron chi connectivity index (χ2n) is 5.82. The molecule has 0 aromatic heterocycles. The van der Waals surface area contributed by atoms with E-state index in [2.05, 4.69) is 46.5 Å². The molecule has 0 heterocycles. The summed E-state index contributed by atoms with van der Waals surface area (Å²) < 4.78 is 6.13. The van der Waals surface area contributed by atoms with Gasteiger partial charge in [-0.25, -0.2) is 0 Å². The highest BCUT2D eigenvalue weighted by atomic mass is 28.2. The number of likely N-dealkylation sites (N-methyl/N-ethyl adjacent to an activating group) is 1. The monoisotopic (exact) mass is 229 g/mol. The molecule has 0 unspecified atom stereocenters. The summed E-state index contributed by atoms with van der Waals surface area (Å²) in [5, 5.41) is 3.66. The van der Waals surface area contributed by atoms with Crippen molar-refractivity contribution in [2.75, 3.05) is 7.05 Å². The highest BCUT2D eigenvalue weighted by Crippen LogP contribution is 2.25. The Balaban J connectivity index is 4.30. The molecule has 0 spiro atoms. The van der Waals surface area contributed by atoms with Crippen molar-refractivity contribution in [2.24, 2.45) is 0 Å². The van der Waals surface area contributed by atoms with Crippen molar-refractivity contribution in [3.63, 3.8) is 0 Å². The van der Waals surface area contributed by atoms with E-state index in [4.69, 9.17) is 4.43 Å². The molecule has 1 atom stereocenters. The molecule has 0 bridgehead atoms. The fraction of sp³-hybridized carbons (Fsp3) is 0.833. The molecule has 0 fully saturated rings. The van der Waals surface area contributed by atoms with Gasteiger partial charge in [0.25, 0.3) is 0 Å². The van der Waals surface area contributed by atoms with E-state index in [0.29, 0.717) is 11.1 Å². The molecule has 0 aliphatic heterocycles. The fourth-order valence-corrected chi connectivity index (χ4v) is 2.43. The molecule has 2 nitrogen and oxygen atoms in total. The minimum absolute atomic E-state index is 0.0948. The third-order valence-corrected chi connectivity index (χ3v) is 4.22. The smallest absolute Gasteiger partial charge is 0.167 e. The van der Waals surface area contributed by atoms with Gasteiger partial charge in [0.1, 0.15) is 0 Å². The summed E-state index contributed by atoms with van der Waals surface area (Å²) in [5.41, 5.74) is -0.0948. The molecule has 1 N–H and O–H groups in total. The third-order valence-electron chi connectivity index (χ3n) is 2.47. The molecular weight excluding hydrogens is 202 g/mol. The van der Waals surface area contributed by atoms with Crippen LogP contribution in [0.2, 0.25) is 5.04 Å². The van der Waals surface area contributed by atoms with Crippen LogP contribution in [0.4, 0.5) is 0 Å². The van der Waals surface area contributed by atoms with E-state index in [-0.39, 0.29) is 5.60 Å². The number of hydrogen-bond acceptors (Lipinski definition) is 2. The Hall–Kier alpha value is -0.123. The lowest BCUT2D eigenvalue weighted by Gasteiger charge is -2.36. The maximum atomic E-state index is 6.13. The lowest BCUT2D eigenvalue weighted by Crippen LogP contribution is -2.48. The molecule has 90 valence electrons. The SMILES string of the molecule is C=CC[C@H](NC)C(C)(C)O[SiH2]C(C)(C)C. The van der Waals surface area contributed by atoms with Gasteiger partial charge in [-0.3, -0.25) is 0 Å². The van der Waals surface area contributed by atoms with Crippen LogP contribution < -0.4 is 5.32 Å². The highest BCUT2D eigenvalue weighted by molar-refractivity contribution is 6.31. The first-order chi connectivity index (χ1) is 6.73. The van der Waals surface area contributed by atoms with Gasteiger partial charge in [-0.15, -0.1) is 6.58 Å². The largest absolute Gasteiger partial charge is 0.417 e. The number of nitrogens with one attached hydrogen (secondary N) is 1. The van der Waals surface area contributed by atoms with Crippen LogP contribution in [0, 0.1) is 0 Å². The van der Waals surface area contributed by atoms with Gasteiger partial charge in [0.15, 0.2) is 9.76 Å². The molecule has 0 amide bonds. The highest BCUT2D eigenvalue weighted by Gasteiger charge is 2.29. The van der Waals surface area contributed by atoms with Crippen molar-refractivity contribution in [1.29, 1.82) is 0 Å². The van der Waals surface area contributed by atoms with Crippen molar-refractivity contribution in [3.05, 3.63) is 12.7 Å². The standard InChI is InChI=1S/C12H27NOSi/c1-8-9-10(13-7)12(5,6)14-15-11(2,3)4/h8,10,13H,1,9,15H2,2-7H3/t10-/m0/s1. The van der Waals surface area contributed by atoms with Crippen LogP contribution in [0.15, 0.2) is 12.7 Å². The van der Waals surface area contributed by atoms with Crippen LogP contribution in [-0.2, 0) is 4.43 Å². The molecule has 0 aliphatic rings. The van der Waals surface area contributed by atoms with E-state index >= 15 is 0 Å². The van der Waals surface area contributed by atoms with Gasteiger partial charge in [-0.1, -0.05) is 26.8 Å². The zero-order valence-electron chi connectivity index (χ0n) is 11.2. The van der Waals surface area contributed by atoms with Crippen LogP contribution in [-0.4, -0.2) is 28.5 Å². The maximum absolute atomic E-state index is 6.13. The van der Waals surface area contributed by atoms with Gasteiger partial charge in [0.2, 0.25) is 0 Å². The van der Waals surface area contributed by atoms with E-state index < -0.39 is 9.76 Å². The number of rotatable bonds is 6. The minimum Gasteiger partial charge on any atom is -0.417 e. The molecule has 3 heteroatoms. The van der Waals surface area contributed by atoms with Crippen LogP contribution in [0.1, 0.15) is 41.0 Å². The summed E-state index contributed by atoms with van der Waals surface area (Å²) >= 11 is 0. The molecule has 15 heavy (non-hydrogen) atoms. The Labute approximate surface area is 97.4 Å². The second-order valence-corrected chi connectivity index (χ2v) is 8.52. The fourth-order valence-electron chi connectivity index (χ4n) is 1.42. The third kappa shape index (κ3) is 6.13. The van der Waals surface area contributed by atoms with Crippen molar-refractivity contribution < 1.29 is 4.43 Å². The summed E-state index contributed by atoms with van der Waals surface area (Å²) in [4.78, 5) is 0. The summed E-state index contributed by atoms with van der Waals surface area (Å²) in [6.45, 7) is 14.9.